The van der Waals surface area contributed by atoms with Gasteiger partial charge in [-0.05, 0) is 38.1 Å². The van der Waals surface area contributed by atoms with Crippen molar-refractivity contribution >= 4 is 24.3 Å². The zero-order valence-corrected chi connectivity index (χ0v) is 13.4. The summed E-state index contributed by atoms with van der Waals surface area (Å²) in [5.41, 5.74) is 0. The summed E-state index contributed by atoms with van der Waals surface area (Å²) in [6.45, 7) is 2.47. The van der Waals surface area contributed by atoms with Crippen molar-refractivity contribution < 1.29 is 14.7 Å². The Balaban J connectivity index is 0.00000220. The number of hydrogen-bond acceptors (Lipinski definition) is 3. The zero-order valence-electron chi connectivity index (χ0n) is 12.6. The highest BCUT2D eigenvalue weighted by atomic mass is 35.5. The van der Waals surface area contributed by atoms with Crippen LogP contribution in [0.2, 0.25) is 0 Å². The highest BCUT2D eigenvalue weighted by molar-refractivity contribution is 5.85. The number of nitrogens with one attached hydrogen (secondary N) is 1. The molecule has 1 amide bonds. The Bertz CT molecular complexity index is 346. The Morgan fingerprint density at radius 2 is 1.81 bits per heavy atom. The van der Waals surface area contributed by atoms with Crippen molar-refractivity contribution in [1.82, 2.24) is 10.2 Å². The summed E-state index contributed by atoms with van der Waals surface area (Å²) in [5.74, 6) is -0.366. The molecule has 1 saturated carbocycles. The second-order valence-electron chi connectivity index (χ2n) is 6.22. The molecule has 2 rings (SSSR count). The van der Waals surface area contributed by atoms with Crippen LogP contribution in [-0.2, 0) is 9.59 Å². The van der Waals surface area contributed by atoms with Gasteiger partial charge in [0, 0.05) is 13.1 Å². The largest absolute Gasteiger partial charge is 0.481 e. The van der Waals surface area contributed by atoms with E-state index in [1.165, 1.54) is 32.1 Å². The van der Waals surface area contributed by atoms with Gasteiger partial charge in [-0.25, -0.2) is 0 Å². The van der Waals surface area contributed by atoms with E-state index in [-0.39, 0.29) is 24.2 Å². The Kier molecular flexibility index (Phi) is 8.04. The first-order valence-corrected chi connectivity index (χ1v) is 7.87. The number of rotatable bonds is 5. The third-order valence-corrected chi connectivity index (χ3v) is 4.53. The van der Waals surface area contributed by atoms with E-state index in [9.17, 15) is 9.59 Å². The summed E-state index contributed by atoms with van der Waals surface area (Å²) in [7, 11) is 0. The molecule has 0 aromatic rings. The molecule has 1 aliphatic carbocycles. The highest BCUT2D eigenvalue weighted by Gasteiger charge is 2.26. The molecule has 0 aromatic carbocycles. The molecule has 1 heterocycles. The lowest BCUT2D eigenvalue weighted by Crippen LogP contribution is -2.45. The summed E-state index contributed by atoms with van der Waals surface area (Å²) in [6, 6.07) is 0. The third kappa shape index (κ3) is 6.22. The molecule has 0 bridgehead atoms. The first kappa shape index (κ1) is 18.2. The molecule has 21 heavy (non-hydrogen) atoms. The van der Waals surface area contributed by atoms with Crippen molar-refractivity contribution in [3.8, 4) is 0 Å². The zero-order chi connectivity index (χ0) is 14.4. The van der Waals surface area contributed by atoms with Crippen LogP contribution in [0.25, 0.3) is 0 Å². The molecule has 0 spiro atoms. The fraction of sp³-hybridized carbons (Fsp3) is 0.867. The molecule has 0 aromatic heterocycles. The molecule has 1 aliphatic heterocycles. The SMILES string of the molecule is Cl.O=C(CN1CCCC(C(=O)O)C1)NCC1CCCCC1. The van der Waals surface area contributed by atoms with Gasteiger partial charge in [-0.15, -0.1) is 12.4 Å². The van der Waals surface area contributed by atoms with Gasteiger partial charge < -0.3 is 10.4 Å². The van der Waals surface area contributed by atoms with Gasteiger partial charge in [-0.3, -0.25) is 14.5 Å². The number of carboxylic acids is 1. The molecule has 2 fully saturated rings. The molecule has 1 atom stereocenters. The van der Waals surface area contributed by atoms with Crippen LogP contribution in [0.5, 0.6) is 0 Å². The minimum absolute atomic E-state index is 0. The van der Waals surface area contributed by atoms with Crippen LogP contribution >= 0.6 is 12.4 Å². The second kappa shape index (κ2) is 9.26. The number of carbonyl (C=O) groups excluding carboxylic acids is 1. The molecular weight excluding hydrogens is 292 g/mol. The van der Waals surface area contributed by atoms with E-state index in [0.29, 0.717) is 19.0 Å². The fourth-order valence-corrected chi connectivity index (χ4v) is 3.31. The average Bonchev–Trinajstić information content (AvgIpc) is 2.46. The number of piperidine rings is 1. The number of nitrogens with zero attached hydrogens (tertiary/aromatic N) is 1. The minimum atomic E-state index is -0.739. The van der Waals surface area contributed by atoms with Crippen molar-refractivity contribution in [3.63, 3.8) is 0 Å². The van der Waals surface area contributed by atoms with E-state index >= 15 is 0 Å². The van der Waals surface area contributed by atoms with Crippen LogP contribution in [0.1, 0.15) is 44.9 Å². The summed E-state index contributed by atoms with van der Waals surface area (Å²) in [6.07, 6.45) is 7.95. The van der Waals surface area contributed by atoms with Crippen molar-refractivity contribution in [3.05, 3.63) is 0 Å². The van der Waals surface area contributed by atoms with E-state index in [2.05, 4.69) is 5.32 Å². The van der Waals surface area contributed by atoms with E-state index in [1.807, 2.05) is 4.90 Å². The lowest BCUT2D eigenvalue weighted by atomic mass is 9.89. The number of amides is 1. The summed E-state index contributed by atoms with van der Waals surface area (Å²) in [5, 5.41) is 12.1. The first-order valence-electron chi connectivity index (χ1n) is 7.87. The number of carboxylic acid groups (broad SMARTS) is 1. The number of aliphatic carboxylic acids is 1. The molecule has 2 aliphatic rings. The van der Waals surface area contributed by atoms with Crippen LogP contribution in [0, 0.1) is 11.8 Å². The number of halogens is 1. The van der Waals surface area contributed by atoms with Gasteiger partial charge >= 0.3 is 5.97 Å². The van der Waals surface area contributed by atoms with Crippen molar-refractivity contribution in [2.45, 2.75) is 44.9 Å². The maximum atomic E-state index is 11.9. The summed E-state index contributed by atoms with van der Waals surface area (Å²) < 4.78 is 0. The van der Waals surface area contributed by atoms with Crippen LogP contribution < -0.4 is 5.32 Å². The van der Waals surface area contributed by atoms with E-state index in [4.69, 9.17) is 5.11 Å². The Labute approximate surface area is 132 Å². The van der Waals surface area contributed by atoms with E-state index < -0.39 is 5.97 Å². The highest BCUT2D eigenvalue weighted by Crippen LogP contribution is 2.22. The molecule has 6 heteroatoms. The molecule has 0 radical (unpaired) electrons. The topological polar surface area (TPSA) is 69.6 Å². The van der Waals surface area contributed by atoms with Gasteiger partial charge in [0.05, 0.1) is 12.5 Å². The normalized spacial score (nSPS) is 24.1. The molecular formula is C15H27ClN2O3. The lowest BCUT2D eigenvalue weighted by molar-refractivity contribution is -0.144. The number of carbonyl (C=O) groups is 2. The van der Waals surface area contributed by atoms with Crippen LogP contribution in [0.4, 0.5) is 0 Å². The Hall–Kier alpha value is -0.810. The molecule has 5 nitrogen and oxygen atoms in total. The average molecular weight is 319 g/mol. The van der Waals surface area contributed by atoms with E-state index in [0.717, 1.165) is 25.9 Å². The quantitative estimate of drug-likeness (QED) is 0.812. The van der Waals surface area contributed by atoms with Gasteiger partial charge in [-0.2, -0.15) is 0 Å². The standard InChI is InChI=1S/C15H26N2O3.ClH/c18-14(16-9-12-5-2-1-3-6-12)11-17-8-4-7-13(10-17)15(19)20;/h12-13H,1-11H2,(H,16,18)(H,19,20);1H. The third-order valence-electron chi connectivity index (χ3n) is 4.53. The minimum Gasteiger partial charge on any atom is -0.481 e. The van der Waals surface area contributed by atoms with Gasteiger partial charge in [0.15, 0.2) is 0 Å². The molecule has 1 unspecified atom stereocenters. The van der Waals surface area contributed by atoms with Crippen molar-refractivity contribution in [2.24, 2.45) is 11.8 Å². The Morgan fingerprint density at radius 1 is 1.10 bits per heavy atom. The number of likely N-dealkylation sites (tertiary alicyclic amines) is 1. The molecule has 1 saturated heterocycles. The first-order chi connectivity index (χ1) is 9.65. The van der Waals surface area contributed by atoms with Gasteiger partial charge in [-0.1, -0.05) is 19.3 Å². The van der Waals surface area contributed by atoms with Crippen LogP contribution in [0.3, 0.4) is 0 Å². The lowest BCUT2D eigenvalue weighted by Gasteiger charge is -2.30. The van der Waals surface area contributed by atoms with Crippen LogP contribution in [-0.4, -0.2) is 48.1 Å². The second-order valence-corrected chi connectivity index (χ2v) is 6.22. The predicted octanol–water partition coefficient (Wildman–Crippen LogP) is 1.90. The van der Waals surface area contributed by atoms with Crippen LogP contribution in [0.15, 0.2) is 0 Å². The molecule has 122 valence electrons. The fourth-order valence-electron chi connectivity index (χ4n) is 3.31. The van der Waals surface area contributed by atoms with Gasteiger partial charge in [0.2, 0.25) is 5.91 Å². The monoisotopic (exact) mass is 318 g/mol. The van der Waals surface area contributed by atoms with Gasteiger partial charge in [0.25, 0.3) is 0 Å². The predicted molar refractivity (Wildman–Crippen MR) is 83.6 cm³/mol. The number of hydrogen-bond donors (Lipinski definition) is 2. The molecule has 2 N–H and O–H groups in total. The maximum absolute atomic E-state index is 11.9. The Morgan fingerprint density at radius 3 is 2.48 bits per heavy atom. The maximum Gasteiger partial charge on any atom is 0.307 e. The summed E-state index contributed by atoms with van der Waals surface area (Å²) >= 11 is 0. The van der Waals surface area contributed by atoms with Gasteiger partial charge in [0.1, 0.15) is 0 Å². The summed E-state index contributed by atoms with van der Waals surface area (Å²) in [4.78, 5) is 24.9. The smallest absolute Gasteiger partial charge is 0.307 e. The van der Waals surface area contributed by atoms with Crippen molar-refractivity contribution in [1.29, 1.82) is 0 Å². The van der Waals surface area contributed by atoms with E-state index in [1.54, 1.807) is 0 Å². The van der Waals surface area contributed by atoms with Crippen molar-refractivity contribution in [2.75, 3.05) is 26.2 Å².